The first-order chi connectivity index (χ1) is 6.24. The van der Waals surface area contributed by atoms with Gasteiger partial charge in [-0.25, -0.2) is 0 Å². The maximum Gasteiger partial charge on any atom is 0.219 e. The molecule has 1 fully saturated rings. The molecule has 1 amide bonds. The number of hydrogen-bond donors (Lipinski definition) is 1. The van der Waals surface area contributed by atoms with Gasteiger partial charge in [0, 0.05) is 20.0 Å². The minimum absolute atomic E-state index is 0.209. The molecule has 0 aromatic rings. The van der Waals surface area contributed by atoms with Crippen LogP contribution in [-0.4, -0.2) is 37.0 Å². The summed E-state index contributed by atoms with van der Waals surface area (Å²) in [6.45, 7) is 7.72. The van der Waals surface area contributed by atoms with Crippen molar-refractivity contribution < 1.29 is 4.79 Å². The third-order valence-corrected chi connectivity index (χ3v) is 2.76. The van der Waals surface area contributed by atoms with Crippen LogP contribution in [0.1, 0.15) is 26.7 Å². The molecule has 0 bridgehead atoms. The zero-order chi connectivity index (χ0) is 9.68. The van der Waals surface area contributed by atoms with Crippen LogP contribution in [0.3, 0.4) is 0 Å². The highest BCUT2D eigenvalue weighted by Crippen LogP contribution is 2.13. The average Bonchev–Trinajstić information content (AvgIpc) is 2.15. The monoisotopic (exact) mass is 184 g/mol. The molecule has 0 aliphatic carbocycles. The number of hydrogen-bond acceptors (Lipinski definition) is 2. The topological polar surface area (TPSA) is 32.3 Å². The Morgan fingerprint density at radius 1 is 1.46 bits per heavy atom. The van der Waals surface area contributed by atoms with Crippen molar-refractivity contribution in [1.29, 1.82) is 0 Å². The summed E-state index contributed by atoms with van der Waals surface area (Å²) < 4.78 is 0. The molecule has 3 heteroatoms. The van der Waals surface area contributed by atoms with Crippen molar-refractivity contribution in [3.05, 3.63) is 0 Å². The Kier molecular flexibility index (Phi) is 4.22. The number of carbonyl (C=O) groups excluding carboxylic acids is 1. The van der Waals surface area contributed by atoms with Gasteiger partial charge in [0.05, 0.1) is 0 Å². The van der Waals surface area contributed by atoms with Crippen molar-refractivity contribution in [1.82, 2.24) is 10.2 Å². The summed E-state index contributed by atoms with van der Waals surface area (Å²) in [5.41, 5.74) is 0. The first kappa shape index (κ1) is 10.5. The van der Waals surface area contributed by atoms with E-state index in [1.54, 1.807) is 6.92 Å². The number of nitrogens with zero attached hydrogens (tertiary/aromatic N) is 1. The zero-order valence-corrected chi connectivity index (χ0v) is 8.68. The minimum Gasteiger partial charge on any atom is -0.343 e. The van der Waals surface area contributed by atoms with Crippen molar-refractivity contribution in [2.45, 2.75) is 26.7 Å². The number of carbonyl (C=O) groups is 1. The lowest BCUT2D eigenvalue weighted by molar-refractivity contribution is -0.129. The molecule has 3 nitrogen and oxygen atoms in total. The summed E-state index contributed by atoms with van der Waals surface area (Å²) in [5, 5.41) is 3.33. The van der Waals surface area contributed by atoms with Gasteiger partial charge in [0.25, 0.3) is 0 Å². The molecular formula is C10H20N2O. The second-order valence-electron chi connectivity index (χ2n) is 3.75. The molecule has 1 heterocycles. The van der Waals surface area contributed by atoms with Gasteiger partial charge in [-0.2, -0.15) is 0 Å². The standard InChI is InChI=1S/C10H20N2O/c1-3-12(9(2)13)8-10-4-6-11-7-5-10/h10-11H,3-8H2,1-2H3. The fourth-order valence-corrected chi connectivity index (χ4v) is 1.86. The summed E-state index contributed by atoms with van der Waals surface area (Å²) in [6.07, 6.45) is 2.42. The van der Waals surface area contributed by atoms with Gasteiger partial charge in [0.15, 0.2) is 0 Å². The predicted molar refractivity (Wildman–Crippen MR) is 53.5 cm³/mol. The lowest BCUT2D eigenvalue weighted by Gasteiger charge is -2.28. The van der Waals surface area contributed by atoms with E-state index in [2.05, 4.69) is 5.32 Å². The molecule has 1 N–H and O–H groups in total. The van der Waals surface area contributed by atoms with Gasteiger partial charge >= 0.3 is 0 Å². The molecule has 76 valence electrons. The molecule has 13 heavy (non-hydrogen) atoms. The van der Waals surface area contributed by atoms with E-state index in [0.29, 0.717) is 5.92 Å². The molecule has 0 aromatic heterocycles. The van der Waals surface area contributed by atoms with E-state index >= 15 is 0 Å². The van der Waals surface area contributed by atoms with Gasteiger partial charge < -0.3 is 10.2 Å². The Morgan fingerprint density at radius 2 is 2.08 bits per heavy atom. The molecule has 1 aliphatic heterocycles. The minimum atomic E-state index is 0.209. The third kappa shape index (κ3) is 3.35. The van der Waals surface area contributed by atoms with E-state index in [0.717, 1.165) is 26.2 Å². The first-order valence-electron chi connectivity index (χ1n) is 5.20. The molecule has 0 aromatic carbocycles. The molecule has 0 atom stereocenters. The van der Waals surface area contributed by atoms with Crippen molar-refractivity contribution in [2.24, 2.45) is 5.92 Å². The third-order valence-electron chi connectivity index (χ3n) is 2.76. The molecule has 1 rings (SSSR count). The van der Waals surface area contributed by atoms with Gasteiger partial charge in [-0.3, -0.25) is 4.79 Å². The molecule has 0 spiro atoms. The number of piperidine rings is 1. The Morgan fingerprint density at radius 3 is 2.54 bits per heavy atom. The molecule has 0 saturated carbocycles. The SMILES string of the molecule is CCN(CC1CCNCC1)C(C)=O. The quantitative estimate of drug-likeness (QED) is 0.705. The largest absolute Gasteiger partial charge is 0.343 e. The first-order valence-corrected chi connectivity index (χ1v) is 5.20. The summed E-state index contributed by atoms with van der Waals surface area (Å²) in [5.74, 6) is 0.922. The van der Waals surface area contributed by atoms with Crippen LogP contribution in [0.4, 0.5) is 0 Å². The molecule has 1 aliphatic rings. The smallest absolute Gasteiger partial charge is 0.219 e. The van der Waals surface area contributed by atoms with Crippen molar-refractivity contribution in [3.63, 3.8) is 0 Å². The zero-order valence-electron chi connectivity index (χ0n) is 8.68. The normalized spacial score (nSPS) is 18.6. The van der Waals surface area contributed by atoms with Gasteiger partial charge in [-0.15, -0.1) is 0 Å². The highest BCUT2D eigenvalue weighted by atomic mass is 16.2. The number of amides is 1. The Hall–Kier alpha value is -0.570. The van der Waals surface area contributed by atoms with Crippen LogP contribution in [-0.2, 0) is 4.79 Å². The maximum atomic E-state index is 11.2. The van der Waals surface area contributed by atoms with E-state index in [4.69, 9.17) is 0 Å². The summed E-state index contributed by atoms with van der Waals surface area (Å²) in [6, 6.07) is 0. The van der Waals surface area contributed by atoms with Crippen molar-refractivity contribution in [2.75, 3.05) is 26.2 Å². The second-order valence-corrected chi connectivity index (χ2v) is 3.75. The lowest BCUT2D eigenvalue weighted by Crippen LogP contribution is -2.38. The Bertz CT molecular complexity index is 164. The molecule has 0 unspecified atom stereocenters. The second kappa shape index (κ2) is 5.22. The summed E-state index contributed by atoms with van der Waals surface area (Å²) in [7, 11) is 0. The van der Waals surface area contributed by atoms with Crippen LogP contribution in [0.2, 0.25) is 0 Å². The fraction of sp³-hybridized carbons (Fsp3) is 0.900. The number of rotatable bonds is 3. The van der Waals surface area contributed by atoms with Gasteiger partial charge in [-0.05, 0) is 38.8 Å². The summed E-state index contributed by atoms with van der Waals surface area (Å²) >= 11 is 0. The molecule has 1 saturated heterocycles. The van der Waals surface area contributed by atoms with Crippen LogP contribution < -0.4 is 5.32 Å². The summed E-state index contributed by atoms with van der Waals surface area (Å²) in [4.78, 5) is 13.1. The van der Waals surface area contributed by atoms with E-state index < -0.39 is 0 Å². The fourth-order valence-electron chi connectivity index (χ4n) is 1.86. The van der Waals surface area contributed by atoms with Gasteiger partial charge in [0.1, 0.15) is 0 Å². The number of nitrogens with one attached hydrogen (secondary N) is 1. The van der Waals surface area contributed by atoms with E-state index in [1.165, 1.54) is 12.8 Å². The van der Waals surface area contributed by atoms with Crippen LogP contribution in [0.15, 0.2) is 0 Å². The highest BCUT2D eigenvalue weighted by Gasteiger charge is 2.17. The predicted octanol–water partition coefficient (Wildman–Crippen LogP) is 0.854. The van der Waals surface area contributed by atoms with Crippen molar-refractivity contribution >= 4 is 5.91 Å². The Labute approximate surface area is 80.5 Å². The lowest BCUT2D eigenvalue weighted by atomic mass is 9.97. The van der Waals surface area contributed by atoms with Crippen LogP contribution in [0.25, 0.3) is 0 Å². The Balaban J connectivity index is 2.31. The van der Waals surface area contributed by atoms with Crippen LogP contribution >= 0.6 is 0 Å². The van der Waals surface area contributed by atoms with E-state index in [-0.39, 0.29) is 5.91 Å². The van der Waals surface area contributed by atoms with Gasteiger partial charge in [-0.1, -0.05) is 0 Å². The van der Waals surface area contributed by atoms with E-state index in [1.807, 2.05) is 11.8 Å². The van der Waals surface area contributed by atoms with Crippen molar-refractivity contribution in [3.8, 4) is 0 Å². The highest BCUT2D eigenvalue weighted by molar-refractivity contribution is 5.73. The van der Waals surface area contributed by atoms with Gasteiger partial charge in [0.2, 0.25) is 5.91 Å². The van der Waals surface area contributed by atoms with Crippen LogP contribution in [0, 0.1) is 5.92 Å². The van der Waals surface area contributed by atoms with E-state index in [9.17, 15) is 4.79 Å². The average molecular weight is 184 g/mol. The van der Waals surface area contributed by atoms with Crippen LogP contribution in [0.5, 0.6) is 0 Å². The molecule has 0 radical (unpaired) electrons. The maximum absolute atomic E-state index is 11.2. The molecular weight excluding hydrogens is 164 g/mol.